The zero-order chi connectivity index (χ0) is 34.8. The number of carbonyl (C=O) groups excluding carboxylic acids is 5. The Kier molecular flexibility index (Phi) is 14.2. The number of amides is 4. The van der Waals surface area contributed by atoms with Gasteiger partial charge in [0.15, 0.2) is 0 Å². The fourth-order valence-electron chi connectivity index (χ4n) is 6.75. The maximum atomic E-state index is 13.3. The number of likely N-dealkylation sites (tertiary alicyclic amines) is 1. The van der Waals surface area contributed by atoms with Crippen molar-refractivity contribution in [2.75, 3.05) is 20.2 Å². The van der Waals surface area contributed by atoms with Crippen molar-refractivity contribution in [2.45, 2.75) is 128 Å². The molecule has 5 unspecified atom stereocenters. The van der Waals surface area contributed by atoms with E-state index in [9.17, 15) is 32.4 Å². The third-order valence-corrected chi connectivity index (χ3v) is 10.7. The minimum absolute atomic E-state index is 0.0644. The first-order chi connectivity index (χ1) is 22.1. The van der Waals surface area contributed by atoms with Crippen molar-refractivity contribution in [3.8, 4) is 0 Å². The molecule has 0 radical (unpaired) electrons. The van der Waals surface area contributed by atoms with E-state index in [1.54, 1.807) is 20.8 Å². The first kappa shape index (κ1) is 38.4. The van der Waals surface area contributed by atoms with E-state index >= 15 is 0 Å². The number of hydrogen-bond donors (Lipinski definition) is 3. The molecule has 0 bridgehead atoms. The smallest absolute Gasteiger partial charge is 0.408 e. The van der Waals surface area contributed by atoms with E-state index in [0.29, 0.717) is 57.9 Å². The number of nitrogens with two attached hydrogens (primary N) is 2. The van der Waals surface area contributed by atoms with Crippen LogP contribution in [-0.2, 0) is 38.9 Å². The first-order valence-corrected chi connectivity index (χ1v) is 18.4. The Labute approximate surface area is 278 Å². The van der Waals surface area contributed by atoms with E-state index < -0.39 is 63.7 Å². The van der Waals surface area contributed by atoms with Crippen molar-refractivity contribution in [2.24, 2.45) is 17.6 Å². The fourth-order valence-corrected chi connectivity index (χ4v) is 8.28. The molecule has 15 heteroatoms. The summed E-state index contributed by atoms with van der Waals surface area (Å²) in [6.45, 7) is 5.80. The SMILES string of the molecule is COC(=O)C1CCCCN1S(=O)(=O)[NH2+]C(=O)C1CCCC1C=CCCCCCC(NC(=O)OC(C)(C)C)C(=O)N1CCCC1C(N)=O. The van der Waals surface area contributed by atoms with Crippen LogP contribution in [0.2, 0.25) is 0 Å². The maximum absolute atomic E-state index is 13.3. The average molecular weight is 685 g/mol. The molecule has 266 valence electrons. The van der Waals surface area contributed by atoms with Gasteiger partial charge in [-0.15, -0.1) is 4.31 Å². The first-order valence-electron chi connectivity index (χ1n) is 16.9. The Morgan fingerprint density at radius 1 is 0.957 bits per heavy atom. The number of piperidine rings is 1. The molecule has 0 spiro atoms. The molecule has 5 N–H and O–H groups in total. The van der Waals surface area contributed by atoms with Crippen molar-refractivity contribution in [3.05, 3.63) is 12.2 Å². The van der Waals surface area contributed by atoms with Crippen molar-refractivity contribution in [1.29, 1.82) is 0 Å². The molecule has 14 nitrogen and oxygen atoms in total. The van der Waals surface area contributed by atoms with Gasteiger partial charge in [0.2, 0.25) is 11.8 Å². The molecule has 1 aliphatic carbocycles. The molecule has 3 rings (SSSR count). The van der Waals surface area contributed by atoms with Crippen LogP contribution in [0.1, 0.15) is 104 Å². The molecule has 47 heavy (non-hydrogen) atoms. The number of primary amides is 2. The second-order valence-corrected chi connectivity index (χ2v) is 15.5. The molecule has 2 heterocycles. The number of unbranched alkanes of at least 4 members (excludes halogenated alkanes) is 3. The number of allylic oxidation sites excluding steroid dienone is 2. The Balaban J connectivity index is 1.49. The number of hydrogen-bond acceptors (Lipinski definition) is 9. The lowest BCUT2D eigenvalue weighted by atomic mass is 9.94. The van der Waals surface area contributed by atoms with Gasteiger partial charge in [0.05, 0.1) is 13.0 Å². The second-order valence-electron chi connectivity index (χ2n) is 13.8. The Morgan fingerprint density at radius 2 is 1.68 bits per heavy atom. The van der Waals surface area contributed by atoms with Crippen LogP contribution >= 0.6 is 0 Å². The third-order valence-electron chi connectivity index (χ3n) is 9.05. The van der Waals surface area contributed by atoms with Crippen LogP contribution in [0.3, 0.4) is 0 Å². The summed E-state index contributed by atoms with van der Waals surface area (Å²) < 4.78 is 38.3. The van der Waals surface area contributed by atoms with E-state index in [0.717, 1.165) is 41.1 Å². The number of nitrogens with zero attached hydrogens (tertiary/aromatic N) is 2. The molecule has 5 atom stereocenters. The van der Waals surface area contributed by atoms with Gasteiger partial charge in [-0.1, -0.05) is 31.4 Å². The molecular formula is C32H54N5O9S+. The highest BCUT2D eigenvalue weighted by Crippen LogP contribution is 2.32. The number of alkyl carbamates (subject to hydrolysis) is 1. The summed E-state index contributed by atoms with van der Waals surface area (Å²) in [5, 5.41) is 2.69. The summed E-state index contributed by atoms with van der Waals surface area (Å²) in [5.74, 6) is -2.43. The van der Waals surface area contributed by atoms with Gasteiger partial charge in [0.1, 0.15) is 23.7 Å². The maximum Gasteiger partial charge on any atom is 0.408 e. The number of esters is 1. The molecule has 0 aromatic rings. The van der Waals surface area contributed by atoms with Gasteiger partial charge in [-0.05, 0) is 90.9 Å². The topological polar surface area (TPSA) is 199 Å². The molecule has 2 aliphatic heterocycles. The predicted molar refractivity (Wildman–Crippen MR) is 172 cm³/mol. The number of methoxy groups -OCH3 is 1. The van der Waals surface area contributed by atoms with Crippen molar-refractivity contribution >= 4 is 40.0 Å². The van der Waals surface area contributed by atoms with Crippen LogP contribution in [0.5, 0.6) is 0 Å². The molecule has 0 aromatic carbocycles. The van der Waals surface area contributed by atoms with Gasteiger partial charge in [-0.25, -0.2) is 9.59 Å². The Hall–Kier alpha value is -3.04. The largest absolute Gasteiger partial charge is 0.468 e. The van der Waals surface area contributed by atoms with Crippen LogP contribution in [0.25, 0.3) is 0 Å². The van der Waals surface area contributed by atoms with E-state index in [4.69, 9.17) is 15.2 Å². The molecule has 1 saturated carbocycles. The molecule has 3 aliphatic rings. The fraction of sp³-hybridized carbons (Fsp3) is 0.781. The van der Waals surface area contributed by atoms with Gasteiger partial charge in [0.25, 0.3) is 0 Å². The van der Waals surface area contributed by atoms with Gasteiger partial charge in [-0.3, -0.25) is 14.4 Å². The lowest BCUT2D eigenvalue weighted by Gasteiger charge is -2.30. The number of rotatable bonds is 14. The lowest BCUT2D eigenvalue weighted by Crippen LogP contribution is -2.95. The molecule has 4 amide bonds. The van der Waals surface area contributed by atoms with Crippen LogP contribution in [-0.4, -0.2) is 91.3 Å². The van der Waals surface area contributed by atoms with E-state index in [1.807, 2.05) is 12.2 Å². The van der Waals surface area contributed by atoms with Gasteiger partial charge in [-0.2, -0.15) is 13.1 Å². The standard InChI is InChI=1S/C32H53N5O9S/c1-32(2,3)46-31(42)34-24(29(40)36-20-13-19-25(36)27(33)38)17-9-7-5-6-8-14-22-15-12-16-23(22)28(39)35-47(43,44)37-21-11-10-18-26(37)30(41)45-4/h8,14,22-26H,5-7,9-13,15-21H2,1-4H3,(H2,33,38)(H,34,42)(H,35,39)/p+1. The Bertz CT molecular complexity index is 1270. The summed E-state index contributed by atoms with van der Waals surface area (Å²) in [7, 11) is -2.85. The highest BCUT2D eigenvalue weighted by atomic mass is 32.2. The lowest BCUT2D eigenvalue weighted by molar-refractivity contribution is -0.423. The number of ether oxygens (including phenoxy) is 2. The number of carbonyl (C=O) groups is 5. The molecular weight excluding hydrogens is 630 g/mol. The number of nitrogens with one attached hydrogen (secondary N) is 1. The van der Waals surface area contributed by atoms with Gasteiger partial charge < -0.3 is 25.4 Å². The highest BCUT2D eigenvalue weighted by Gasteiger charge is 2.44. The van der Waals surface area contributed by atoms with E-state index in [1.165, 1.54) is 12.0 Å². The third kappa shape index (κ3) is 11.3. The van der Waals surface area contributed by atoms with Crippen molar-refractivity contribution in [3.63, 3.8) is 0 Å². The van der Waals surface area contributed by atoms with E-state index in [-0.39, 0.29) is 18.4 Å². The van der Waals surface area contributed by atoms with Crippen LogP contribution in [0.4, 0.5) is 4.79 Å². The monoisotopic (exact) mass is 684 g/mol. The average Bonchev–Trinajstić information content (AvgIpc) is 3.68. The van der Waals surface area contributed by atoms with Crippen LogP contribution in [0, 0.1) is 11.8 Å². The zero-order valence-corrected chi connectivity index (χ0v) is 29.1. The minimum atomic E-state index is -4.08. The summed E-state index contributed by atoms with van der Waals surface area (Å²) in [5.41, 5.74) is 4.78. The van der Waals surface area contributed by atoms with Crippen LogP contribution < -0.4 is 15.8 Å². The van der Waals surface area contributed by atoms with Gasteiger partial charge in [0, 0.05) is 13.1 Å². The second kappa shape index (κ2) is 17.4. The van der Waals surface area contributed by atoms with Crippen LogP contribution in [0.15, 0.2) is 12.2 Å². The normalized spacial score (nSPS) is 24.6. The minimum Gasteiger partial charge on any atom is -0.468 e. The van der Waals surface area contributed by atoms with Gasteiger partial charge >= 0.3 is 28.2 Å². The summed E-state index contributed by atoms with van der Waals surface area (Å²) >= 11 is 0. The van der Waals surface area contributed by atoms with E-state index in [2.05, 4.69) is 5.32 Å². The molecule has 0 aromatic heterocycles. The zero-order valence-electron chi connectivity index (χ0n) is 28.3. The Morgan fingerprint density at radius 3 is 2.36 bits per heavy atom. The molecule has 2 saturated heterocycles. The number of quaternary nitrogens is 1. The summed E-state index contributed by atoms with van der Waals surface area (Å²) in [6, 6.07) is -2.43. The molecule has 3 fully saturated rings. The predicted octanol–water partition coefficient (Wildman–Crippen LogP) is 1.64. The quantitative estimate of drug-likeness (QED) is 0.138. The highest BCUT2D eigenvalue weighted by molar-refractivity contribution is 7.82. The summed E-state index contributed by atoms with van der Waals surface area (Å²) in [4.78, 5) is 64.5. The van der Waals surface area contributed by atoms with Crippen molar-refractivity contribution < 1.29 is 46.6 Å². The van der Waals surface area contributed by atoms with Crippen molar-refractivity contribution in [1.82, 2.24) is 14.5 Å². The summed E-state index contributed by atoms with van der Waals surface area (Å²) in [6.07, 6.45) is 11.8.